The predicted octanol–water partition coefficient (Wildman–Crippen LogP) is 2.92. The zero-order valence-corrected chi connectivity index (χ0v) is 14.5. The van der Waals surface area contributed by atoms with Crippen molar-refractivity contribution in [1.82, 2.24) is 4.31 Å². The molecular weight excluding hydrogens is 369 g/mol. The Morgan fingerprint density at radius 1 is 0.923 bits per heavy atom. The first-order valence-corrected chi connectivity index (χ1v) is 9.34. The van der Waals surface area contributed by atoms with Gasteiger partial charge in [-0.3, -0.25) is 0 Å². The molecule has 9 heteroatoms. The lowest BCUT2D eigenvalue weighted by Crippen LogP contribution is -2.48. The minimum absolute atomic E-state index is 0.0988. The highest BCUT2D eigenvalue weighted by atomic mass is 32.2. The molecule has 0 radical (unpaired) electrons. The zero-order valence-electron chi connectivity index (χ0n) is 13.6. The van der Waals surface area contributed by atoms with Crippen LogP contribution < -0.4 is 4.90 Å². The van der Waals surface area contributed by atoms with Gasteiger partial charge in [-0.1, -0.05) is 18.2 Å². The molecule has 2 aromatic rings. The van der Waals surface area contributed by atoms with Gasteiger partial charge in [0.2, 0.25) is 10.0 Å². The summed E-state index contributed by atoms with van der Waals surface area (Å²) in [5.41, 5.74) is -0.393. The van der Waals surface area contributed by atoms with Gasteiger partial charge in [0.1, 0.15) is 5.75 Å². The number of piperazine rings is 1. The van der Waals surface area contributed by atoms with E-state index in [9.17, 15) is 26.7 Å². The van der Waals surface area contributed by atoms with Crippen LogP contribution in [0, 0.1) is 0 Å². The van der Waals surface area contributed by atoms with Gasteiger partial charge in [0, 0.05) is 26.2 Å². The molecule has 1 fully saturated rings. The molecule has 2 aromatic carbocycles. The van der Waals surface area contributed by atoms with Crippen LogP contribution in [0.15, 0.2) is 53.4 Å². The van der Waals surface area contributed by atoms with E-state index in [1.807, 2.05) is 4.90 Å². The normalized spacial score (nSPS) is 16.7. The number of benzene rings is 2. The van der Waals surface area contributed by atoms with E-state index >= 15 is 0 Å². The Hall–Kier alpha value is -2.26. The van der Waals surface area contributed by atoms with Gasteiger partial charge < -0.3 is 10.0 Å². The third-order valence-electron chi connectivity index (χ3n) is 4.26. The monoisotopic (exact) mass is 386 g/mol. The Morgan fingerprint density at radius 3 is 2.19 bits per heavy atom. The van der Waals surface area contributed by atoms with Crippen LogP contribution in [-0.2, 0) is 16.2 Å². The quantitative estimate of drug-likeness (QED) is 0.881. The Kier molecular flexibility index (Phi) is 4.85. The van der Waals surface area contributed by atoms with Crippen molar-refractivity contribution in [2.24, 2.45) is 0 Å². The van der Waals surface area contributed by atoms with E-state index in [1.165, 1.54) is 10.4 Å². The lowest BCUT2D eigenvalue weighted by atomic mass is 10.2. The molecule has 0 atom stereocenters. The van der Waals surface area contributed by atoms with Crippen molar-refractivity contribution in [3.63, 3.8) is 0 Å². The smallest absolute Gasteiger partial charge is 0.416 e. The maximum atomic E-state index is 12.8. The molecule has 1 heterocycles. The summed E-state index contributed by atoms with van der Waals surface area (Å²) in [7, 11) is -4.02. The molecular formula is C17H17F3N2O3S. The van der Waals surface area contributed by atoms with Crippen LogP contribution in [0.5, 0.6) is 5.75 Å². The summed E-state index contributed by atoms with van der Waals surface area (Å²) in [6.07, 6.45) is -4.60. The molecule has 1 N–H and O–H groups in total. The highest BCUT2D eigenvalue weighted by Gasteiger charge is 2.34. The fourth-order valence-electron chi connectivity index (χ4n) is 2.88. The minimum atomic E-state index is -4.60. The molecule has 0 bridgehead atoms. The van der Waals surface area contributed by atoms with Crippen LogP contribution in [0.2, 0.25) is 0 Å². The van der Waals surface area contributed by atoms with Crippen molar-refractivity contribution < 1.29 is 26.7 Å². The molecule has 0 spiro atoms. The number of alkyl halides is 3. The molecule has 1 aliphatic heterocycles. The second kappa shape index (κ2) is 6.81. The lowest BCUT2D eigenvalue weighted by molar-refractivity contribution is -0.137. The summed E-state index contributed by atoms with van der Waals surface area (Å²) in [5.74, 6) is 0.0988. The van der Waals surface area contributed by atoms with Gasteiger partial charge in [-0.2, -0.15) is 17.5 Å². The number of para-hydroxylation sites is 2. The standard InChI is InChI=1S/C17H17F3N2O3S/c18-17(19,20)13-4-3-5-14(12-13)26(24,25)22-10-8-21(9-11-22)15-6-1-2-7-16(15)23/h1-7,12,23H,8-11H2. The maximum absolute atomic E-state index is 12.8. The van der Waals surface area contributed by atoms with Crippen LogP contribution in [0.4, 0.5) is 18.9 Å². The number of rotatable bonds is 3. The summed E-state index contributed by atoms with van der Waals surface area (Å²) in [6, 6.07) is 10.5. The molecule has 0 amide bonds. The second-order valence-electron chi connectivity index (χ2n) is 5.91. The van der Waals surface area contributed by atoms with Gasteiger partial charge >= 0.3 is 6.18 Å². The van der Waals surface area contributed by atoms with Crippen LogP contribution in [0.3, 0.4) is 0 Å². The van der Waals surface area contributed by atoms with E-state index in [0.717, 1.165) is 12.1 Å². The first kappa shape index (κ1) is 18.5. The van der Waals surface area contributed by atoms with E-state index in [1.54, 1.807) is 24.3 Å². The van der Waals surface area contributed by atoms with Crippen LogP contribution in [-0.4, -0.2) is 44.0 Å². The van der Waals surface area contributed by atoms with Gasteiger partial charge in [-0.25, -0.2) is 8.42 Å². The third kappa shape index (κ3) is 3.63. The summed E-state index contributed by atoms with van der Waals surface area (Å²) in [6.45, 7) is 0.894. The molecule has 5 nitrogen and oxygen atoms in total. The van der Waals surface area contributed by atoms with E-state index in [-0.39, 0.29) is 23.7 Å². The molecule has 0 aliphatic carbocycles. The zero-order chi connectivity index (χ0) is 18.9. The third-order valence-corrected chi connectivity index (χ3v) is 6.15. The molecule has 0 unspecified atom stereocenters. The number of nitrogens with zero attached hydrogens (tertiary/aromatic N) is 2. The number of sulfonamides is 1. The lowest BCUT2D eigenvalue weighted by Gasteiger charge is -2.35. The fourth-order valence-corrected chi connectivity index (χ4v) is 4.35. The second-order valence-corrected chi connectivity index (χ2v) is 7.84. The number of anilines is 1. The molecule has 0 aromatic heterocycles. The molecule has 26 heavy (non-hydrogen) atoms. The molecule has 0 saturated carbocycles. The predicted molar refractivity (Wildman–Crippen MR) is 90.5 cm³/mol. The maximum Gasteiger partial charge on any atom is 0.416 e. The Bertz CT molecular complexity index is 892. The first-order chi connectivity index (χ1) is 12.2. The Morgan fingerprint density at radius 2 is 1.58 bits per heavy atom. The van der Waals surface area contributed by atoms with Gasteiger partial charge in [-0.15, -0.1) is 0 Å². The van der Waals surface area contributed by atoms with Crippen molar-refractivity contribution >= 4 is 15.7 Å². The first-order valence-electron chi connectivity index (χ1n) is 7.90. The van der Waals surface area contributed by atoms with E-state index in [4.69, 9.17) is 0 Å². The SMILES string of the molecule is O=S(=O)(c1cccc(C(F)(F)F)c1)N1CCN(c2ccccc2O)CC1. The number of halogens is 3. The van der Waals surface area contributed by atoms with Crippen molar-refractivity contribution in [3.8, 4) is 5.75 Å². The molecule has 3 rings (SSSR count). The van der Waals surface area contributed by atoms with Crippen molar-refractivity contribution in [3.05, 3.63) is 54.1 Å². The topological polar surface area (TPSA) is 60.9 Å². The van der Waals surface area contributed by atoms with Crippen LogP contribution in [0.25, 0.3) is 0 Å². The number of aromatic hydroxyl groups is 1. The Balaban J connectivity index is 1.78. The summed E-state index contributed by atoms with van der Waals surface area (Å²) < 4.78 is 65.0. The van der Waals surface area contributed by atoms with Crippen LogP contribution >= 0.6 is 0 Å². The van der Waals surface area contributed by atoms with Gasteiger partial charge in [0.05, 0.1) is 16.1 Å². The van der Waals surface area contributed by atoms with E-state index < -0.39 is 21.8 Å². The van der Waals surface area contributed by atoms with Gasteiger partial charge in [0.25, 0.3) is 0 Å². The van der Waals surface area contributed by atoms with E-state index in [0.29, 0.717) is 24.8 Å². The number of hydrogen-bond acceptors (Lipinski definition) is 4. The van der Waals surface area contributed by atoms with Crippen molar-refractivity contribution in [1.29, 1.82) is 0 Å². The largest absolute Gasteiger partial charge is 0.506 e. The average molecular weight is 386 g/mol. The van der Waals surface area contributed by atoms with Gasteiger partial charge in [-0.05, 0) is 30.3 Å². The molecule has 140 valence electrons. The minimum Gasteiger partial charge on any atom is -0.506 e. The number of phenolic OH excluding ortho intramolecular Hbond substituents is 1. The summed E-state index contributed by atoms with van der Waals surface area (Å²) in [5, 5.41) is 9.89. The van der Waals surface area contributed by atoms with Crippen LogP contribution in [0.1, 0.15) is 5.56 Å². The van der Waals surface area contributed by atoms with Gasteiger partial charge in [0.15, 0.2) is 0 Å². The highest BCUT2D eigenvalue weighted by Crippen LogP contribution is 2.32. The number of phenols is 1. The van der Waals surface area contributed by atoms with Crippen molar-refractivity contribution in [2.45, 2.75) is 11.1 Å². The summed E-state index contributed by atoms with van der Waals surface area (Å²) >= 11 is 0. The average Bonchev–Trinajstić information content (AvgIpc) is 2.62. The van der Waals surface area contributed by atoms with E-state index in [2.05, 4.69) is 0 Å². The van der Waals surface area contributed by atoms with Crippen molar-refractivity contribution in [2.75, 3.05) is 31.1 Å². The summed E-state index contributed by atoms with van der Waals surface area (Å²) in [4.78, 5) is 1.47. The highest BCUT2D eigenvalue weighted by molar-refractivity contribution is 7.89. The Labute approximate surface area is 149 Å². The molecule has 1 saturated heterocycles. The molecule has 1 aliphatic rings. The fraction of sp³-hybridized carbons (Fsp3) is 0.294. The number of hydrogen-bond donors (Lipinski definition) is 1.